The monoisotopic (exact) mass is 516 g/mol. The van der Waals surface area contributed by atoms with Gasteiger partial charge in [0.2, 0.25) is 0 Å². The summed E-state index contributed by atoms with van der Waals surface area (Å²) in [5.41, 5.74) is 4.60. The molecule has 192 valence electrons. The summed E-state index contributed by atoms with van der Waals surface area (Å²) in [4.78, 5) is 20.1. The molecule has 3 heterocycles. The lowest BCUT2D eigenvalue weighted by Gasteiger charge is -2.35. The van der Waals surface area contributed by atoms with Crippen LogP contribution in [0, 0.1) is 6.92 Å². The molecule has 1 saturated heterocycles. The average molecular weight is 517 g/mol. The van der Waals surface area contributed by atoms with Crippen molar-refractivity contribution in [3.8, 4) is 22.7 Å². The molecule has 1 fully saturated rings. The molecule has 8 heteroatoms. The van der Waals surface area contributed by atoms with Crippen molar-refractivity contribution in [3.63, 3.8) is 0 Å². The highest BCUT2D eigenvalue weighted by Crippen LogP contribution is 2.35. The number of carbonyl (C=O) groups excluding carboxylic acids is 1. The SMILES string of the molecule is Cc1cc(-c2nn(-c3ccccc3)cc2/C=C2/SC(N3C[C@@H](C)O[C@@H](C)C3)=NC2=O)ccc1OC(C)C. The standard InChI is InChI=1S/C29H32N4O3S/c1-18(2)35-25-12-11-22(13-19(25)3)27-23(17-33(31-27)24-9-7-6-8-10-24)14-26-28(34)30-29(37-26)32-15-20(4)36-21(5)16-32/h6-14,17-18,20-21H,15-16H2,1-5H3/b26-14+/t20-,21+. The third-order valence-electron chi connectivity index (χ3n) is 6.16. The van der Waals surface area contributed by atoms with Crippen LogP contribution >= 0.6 is 11.8 Å². The number of hydrogen-bond acceptors (Lipinski definition) is 6. The maximum absolute atomic E-state index is 12.9. The number of amidine groups is 1. The van der Waals surface area contributed by atoms with Gasteiger partial charge in [-0.05, 0) is 88.4 Å². The summed E-state index contributed by atoms with van der Waals surface area (Å²) >= 11 is 1.42. The zero-order chi connectivity index (χ0) is 26.1. The number of aromatic nitrogens is 2. The molecule has 0 N–H and O–H groups in total. The van der Waals surface area contributed by atoms with Crippen LogP contribution in [0.1, 0.15) is 38.8 Å². The van der Waals surface area contributed by atoms with Crippen molar-refractivity contribution in [1.82, 2.24) is 14.7 Å². The van der Waals surface area contributed by atoms with Crippen LogP contribution in [0.4, 0.5) is 0 Å². The molecular weight excluding hydrogens is 484 g/mol. The summed E-state index contributed by atoms with van der Waals surface area (Å²) < 4.78 is 13.6. The highest BCUT2D eigenvalue weighted by atomic mass is 32.2. The number of benzene rings is 2. The molecule has 1 amide bonds. The van der Waals surface area contributed by atoms with E-state index in [1.54, 1.807) is 0 Å². The molecule has 0 unspecified atom stereocenters. The Morgan fingerprint density at radius 2 is 1.84 bits per heavy atom. The van der Waals surface area contributed by atoms with E-state index in [1.165, 1.54) is 11.8 Å². The van der Waals surface area contributed by atoms with Crippen molar-refractivity contribution in [1.29, 1.82) is 0 Å². The fourth-order valence-corrected chi connectivity index (χ4v) is 5.54. The molecule has 0 bridgehead atoms. The molecule has 0 spiro atoms. The zero-order valence-electron chi connectivity index (χ0n) is 21.8. The van der Waals surface area contributed by atoms with Crippen LogP contribution in [-0.2, 0) is 9.53 Å². The van der Waals surface area contributed by atoms with Crippen LogP contribution in [-0.4, -0.2) is 57.2 Å². The van der Waals surface area contributed by atoms with Gasteiger partial charge in [-0.15, -0.1) is 0 Å². The topological polar surface area (TPSA) is 69.0 Å². The van der Waals surface area contributed by atoms with Crippen LogP contribution in [0.25, 0.3) is 23.0 Å². The number of morpholine rings is 1. The molecule has 2 atom stereocenters. The Bertz CT molecular complexity index is 1350. The molecular formula is C29H32N4O3S. The molecule has 2 aliphatic heterocycles. The Hall–Kier alpha value is -3.36. The summed E-state index contributed by atoms with van der Waals surface area (Å²) in [6.07, 6.45) is 4.16. The van der Waals surface area contributed by atoms with Crippen LogP contribution in [0.5, 0.6) is 5.75 Å². The van der Waals surface area contributed by atoms with Crippen molar-refractivity contribution < 1.29 is 14.3 Å². The van der Waals surface area contributed by atoms with Crippen molar-refractivity contribution in [2.45, 2.75) is 52.9 Å². The predicted molar refractivity (Wildman–Crippen MR) is 149 cm³/mol. The number of rotatable bonds is 5. The quantitative estimate of drug-likeness (QED) is 0.405. The van der Waals surface area contributed by atoms with E-state index in [0.717, 1.165) is 52.1 Å². The number of aliphatic imine (C=N–C) groups is 1. The first kappa shape index (κ1) is 25.3. The second-order valence-corrected chi connectivity index (χ2v) is 10.8. The third-order valence-corrected chi connectivity index (χ3v) is 7.20. The Morgan fingerprint density at radius 1 is 1.11 bits per heavy atom. The van der Waals surface area contributed by atoms with Gasteiger partial charge < -0.3 is 14.4 Å². The van der Waals surface area contributed by atoms with E-state index < -0.39 is 0 Å². The lowest BCUT2D eigenvalue weighted by Crippen LogP contribution is -2.47. The van der Waals surface area contributed by atoms with Crippen molar-refractivity contribution in [2.75, 3.05) is 13.1 Å². The van der Waals surface area contributed by atoms with E-state index in [9.17, 15) is 4.79 Å². The van der Waals surface area contributed by atoms with Crippen LogP contribution < -0.4 is 4.74 Å². The first-order valence-electron chi connectivity index (χ1n) is 12.6. The second kappa shape index (κ2) is 10.6. The maximum atomic E-state index is 12.9. The summed E-state index contributed by atoms with van der Waals surface area (Å²) in [6.45, 7) is 11.6. The van der Waals surface area contributed by atoms with Gasteiger partial charge in [-0.25, -0.2) is 4.68 Å². The molecule has 0 saturated carbocycles. The molecule has 7 nitrogen and oxygen atoms in total. The summed E-state index contributed by atoms with van der Waals surface area (Å²) in [5.74, 6) is 0.636. The van der Waals surface area contributed by atoms with Crippen LogP contribution in [0.2, 0.25) is 0 Å². The van der Waals surface area contributed by atoms with Gasteiger partial charge in [0.25, 0.3) is 5.91 Å². The number of amides is 1. The zero-order valence-corrected chi connectivity index (χ0v) is 22.7. The van der Waals surface area contributed by atoms with E-state index in [4.69, 9.17) is 14.6 Å². The fourth-order valence-electron chi connectivity index (χ4n) is 4.62. The summed E-state index contributed by atoms with van der Waals surface area (Å²) in [5, 5.41) is 5.66. The molecule has 2 aliphatic rings. The minimum absolute atomic E-state index is 0.0942. The third kappa shape index (κ3) is 5.65. The van der Waals surface area contributed by atoms with Gasteiger partial charge in [-0.2, -0.15) is 10.1 Å². The Morgan fingerprint density at radius 3 is 2.51 bits per heavy atom. The number of para-hydroxylation sites is 1. The molecule has 37 heavy (non-hydrogen) atoms. The molecule has 1 aromatic heterocycles. The Balaban J connectivity index is 1.50. The first-order valence-corrected chi connectivity index (χ1v) is 13.4. The highest BCUT2D eigenvalue weighted by molar-refractivity contribution is 8.18. The maximum Gasteiger partial charge on any atom is 0.286 e. The highest BCUT2D eigenvalue weighted by Gasteiger charge is 2.31. The van der Waals surface area contributed by atoms with Crippen molar-refractivity contribution in [3.05, 3.63) is 70.8 Å². The van der Waals surface area contributed by atoms with E-state index >= 15 is 0 Å². The minimum atomic E-state index is -0.220. The van der Waals surface area contributed by atoms with Gasteiger partial charge >= 0.3 is 0 Å². The number of thioether (sulfide) groups is 1. The lowest BCUT2D eigenvalue weighted by molar-refractivity contribution is -0.113. The van der Waals surface area contributed by atoms with Crippen LogP contribution in [0.3, 0.4) is 0 Å². The van der Waals surface area contributed by atoms with Gasteiger partial charge in [0.15, 0.2) is 5.17 Å². The molecule has 0 radical (unpaired) electrons. The van der Waals surface area contributed by atoms with Gasteiger partial charge in [-0.1, -0.05) is 18.2 Å². The van der Waals surface area contributed by atoms with Gasteiger partial charge in [-0.3, -0.25) is 4.79 Å². The van der Waals surface area contributed by atoms with E-state index in [1.807, 2.05) is 94.0 Å². The van der Waals surface area contributed by atoms with Gasteiger partial charge in [0, 0.05) is 30.4 Å². The van der Waals surface area contributed by atoms with Crippen molar-refractivity contribution in [2.24, 2.45) is 4.99 Å². The van der Waals surface area contributed by atoms with E-state index in [-0.39, 0.29) is 24.2 Å². The average Bonchev–Trinajstić information content (AvgIpc) is 3.44. The van der Waals surface area contributed by atoms with Crippen LogP contribution in [0.15, 0.2) is 64.6 Å². The summed E-state index contributed by atoms with van der Waals surface area (Å²) in [7, 11) is 0. The number of ether oxygens (including phenoxy) is 2. The molecule has 2 aromatic carbocycles. The normalized spacial score (nSPS) is 21.1. The minimum Gasteiger partial charge on any atom is -0.491 e. The number of hydrogen-bond donors (Lipinski definition) is 0. The largest absolute Gasteiger partial charge is 0.491 e. The number of carbonyl (C=O) groups is 1. The lowest BCUT2D eigenvalue weighted by atomic mass is 10.0. The molecule has 3 aromatic rings. The number of aryl methyl sites for hydroxylation is 1. The summed E-state index contributed by atoms with van der Waals surface area (Å²) in [6, 6.07) is 16.1. The Kier molecular flexibility index (Phi) is 7.22. The van der Waals surface area contributed by atoms with Gasteiger partial charge in [0.05, 0.1) is 28.9 Å². The van der Waals surface area contributed by atoms with E-state index in [0.29, 0.717) is 4.91 Å². The molecule has 0 aliphatic carbocycles. The fraction of sp³-hybridized carbons (Fsp3) is 0.345. The van der Waals surface area contributed by atoms with Gasteiger partial charge in [0.1, 0.15) is 11.4 Å². The molecule has 5 rings (SSSR count). The smallest absolute Gasteiger partial charge is 0.286 e. The Labute approximate surface area is 222 Å². The van der Waals surface area contributed by atoms with E-state index in [2.05, 4.69) is 16.0 Å². The van der Waals surface area contributed by atoms with Crippen molar-refractivity contribution >= 4 is 28.9 Å². The number of nitrogens with zero attached hydrogens (tertiary/aromatic N) is 4. The first-order chi connectivity index (χ1) is 17.8. The predicted octanol–water partition coefficient (Wildman–Crippen LogP) is 5.71. The second-order valence-electron chi connectivity index (χ2n) is 9.83.